The van der Waals surface area contributed by atoms with Crippen LogP contribution in [0.1, 0.15) is 113 Å². The van der Waals surface area contributed by atoms with Crippen LogP contribution in [0.15, 0.2) is 23.3 Å². The van der Waals surface area contributed by atoms with Gasteiger partial charge in [-0.2, -0.15) is 0 Å². The number of allylic oxidation sites excluding steroid dienone is 3. The average molecular weight is 561 g/mol. The first-order valence-electron chi connectivity index (χ1n) is 16.0. The second kappa shape index (κ2) is 11.0. The summed E-state index contributed by atoms with van der Waals surface area (Å²) in [6, 6.07) is 0. The van der Waals surface area contributed by atoms with Crippen molar-refractivity contribution in [2.24, 2.45) is 28.6 Å². The van der Waals surface area contributed by atoms with E-state index in [2.05, 4.69) is 66.8 Å². The summed E-state index contributed by atoms with van der Waals surface area (Å²) in [6.07, 6.45) is 14.2. The minimum Gasteiger partial charge on any atom is -0.413 e. The maximum absolute atomic E-state index is 10.9. The first-order valence-corrected chi connectivity index (χ1v) is 18.9. The Morgan fingerprint density at radius 3 is 2.36 bits per heavy atom. The Morgan fingerprint density at radius 2 is 1.72 bits per heavy atom. The van der Waals surface area contributed by atoms with Crippen LogP contribution in [0, 0.1) is 28.6 Å². The Labute approximate surface area is 241 Å². The summed E-state index contributed by atoms with van der Waals surface area (Å²) in [7, 11) is -1.99. The second-order valence-corrected chi connectivity index (χ2v) is 21.0. The van der Waals surface area contributed by atoms with Gasteiger partial charge in [0.2, 0.25) is 0 Å². The summed E-state index contributed by atoms with van der Waals surface area (Å²) in [6.45, 7) is 23.6. The highest BCUT2D eigenvalue weighted by atomic mass is 28.4. The van der Waals surface area contributed by atoms with E-state index in [0.29, 0.717) is 17.8 Å². The quantitative estimate of drug-likeness (QED) is 0.220. The van der Waals surface area contributed by atoms with Gasteiger partial charge in [0.1, 0.15) is 0 Å². The van der Waals surface area contributed by atoms with Gasteiger partial charge in [-0.1, -0.05) is 57.9 Å². The molecule has 8 atom stereocenters. The minimum absolute atomic E-state index is 0.0269. The Bertz CT molecular complexity index is 940. The molecule has 0 aromatic carbocycles. The molecule has 4 rings (SSSR count). The van der Waals surface area contributed by atoms with Crippen molar-refractivity contribution in [3.63, 3.8) is 0 Å². The highest BCUT2D eigenvalue weighted by molar-refractivity contribution is 6.74. The fourth-order valence-corrected chi connectivity index (χ4v) is 9.99. The lowest BCUT2D eigenvalue weighted by atomic mass is 9.49. The summed E-state index contributed by atoms with van der Waals surface area (Å²) in [4.78, 5) is 0. The lowest BCUT2D eigenvalue weighted by molar-refractivity contribution is -0.0603. The summed E-state index contributed by atoms with van der Waals surface area (Å²) in [5.41, 5.74) is 2.75. The molecular formula is C34H60O4Si. The molecule has 4 aliphatic carbocycles. The van der Waals surface area contributed by atoms with E-state index in [4.69, 9.17) is 9.16 Å². The fraction of sp³-hybridized carbons (Fsp3) is 0.882. The topological polar surface area (TPSA) is 58.9 Å². The van der Waals surface area contributed by atoms with E-state index in [0.717, 1.165) is 38.7 Å². The van der Waals surface area contributed by atoms with Gasteiger partial charge in [0.15, 0.2) is 8.32 Å². The Kier molecular flexibility index (Phi) is 8.87. The van der Waals surface area contributed by atoms with Crippen molar-refractivity contribution in [1.82, 2.24) is 0 Å². The lowest BCUT2D eigenvalue weighted by Gasteiger charge is -2.58. The van der Waals surface area contributed by atoms with E-state index >= 15 is 0 Å². The molecule has 5 heteroatoms. The van der Waals surface area contributed by atoms with Crippen LogP contribution in [-0.2, 0) is 9.16 Å². The Balaban J connectivity index is 1.51. The second-order valence-electron chi connectivity index (χ2n) is 16.3. The fourth-order valence-electron chi connectivity index (χ4n) is 8.58. The van der Waals surface area contributed by atoms with Gasteiger partial charge in [-0.25, -0.2) is 0 Å². The molecule has 39 heavy (non-hydrogen) atoms. The SMILES string of the molecule is C[C@H](OCCCCC(C)(C)O)[C@H]1CC[C@H]2C3=CC=C4C[C@@H](O)C[C@H](O[Si](C)(C)C(C)(C)C)[C@]4(C)[C@H]3CC[C@]12C. The summed E-state index contributed by atoms with van der Waals surface area (Å²) in [5, 5.41) is 21.1. The molecule has 0 heterocycles. The summed E-state index contributed by atoms with van der Waals surface area (Å²) < 4.78 is 13.6. The molecule has 0 aliphatic heterocycles. The van der Waals surface area contributed by atoms with Crippen LogP contribution in [-0.4, -0.2) is 49.1 Å². The number of fused-ring (bicyclic) bond motifs is 5. The number of hydrogen-bond donors (Lipinski definition) is 2. The molecule has 0 spiro atoms. The molecule has 4 aliphatic rings. The number of rotatable bonds is 9. The maximum atomic E-state index is 10.9. The van der Waals surface area contributed by atoms with Crippen LogP contribution in [0.2, 0.25) is 18.1 Å². The molecule has 0 aromatic heterocycles. The van der Waals surface area contributed by atoms with Gasteiger partial charge in [-0.3, -0.25) is 0 Å². The van der Waals surface area contributed by atoms with Gasteiger partial charge in [0, 0.05) is 12.0 Å². The number of aliphatic hydroxyl groups excluding tert-OH is 1. The van der Waals surface area contributed by atoms with Crippen molar-refractivity contribution in [3.8, 4) is 0 Å². The molecular weight excluding hydrogens is 500 g/mol. The van der Waals surface area contributed by atoms with Gasteiger partial charge in [0.25, 0.3) is 0 Å². The van der Waals surface area contributed by atoms with Gasteiger partial charge in [-0.05, 0) is 120 Å². The third-order valence-corrected chi connectivity index (χ3v) is 16.5. The van der Waals surface area contributed by atoms with E-state index in [9.17, 15) is 10.2 Å². The highest BCUT2D eigenvalue weighted by Crippen LogP contribution is 2.66. The van der Waals surface area contributed by atoms with E-state index in [1.165, 1.54) is 31.3 Å². The molecule has 0 radical (unpaired) electrons. The summed E-state index contributed by atoms with van der Waals surface area (Å²) in [5.74, 6) is 1.71. The molecule has 2 N–H and O–H groups in total. The van der Waals surface area contributed by atoms with Crippen molar-refractivity contribution in [1.29, 1.82) is 0 Å². The molecule has 0 unspecified atom stereocenters. The van der Waals surface area contributed by atoms with Crippen molar-refractivity contribution in [3.05, 3.63) is 23.3 Å². The molecule has 3 fully saturated rings. The van der Waals surface area contributed by atoms with E-state index in [1.54, 1.807) is 5.57 Å². The molecule has 0 bridgehead atoms. The molecule has 224 valence electrons. The van der Waals surface area contributed by atoms with Gasteiger partial charge in [-0.15, -0.1) is 0 Å². The molecule has 0 saturated heterocycles. The summed E-state index contributed by atoms with van der Waals surface area (Å²) >= 11 is 0. The van der Waals surface area contributed by atoms with Gasteiger partial charge < -0.3 is 19.4 Å². The van der Waals surface area contributed by atoms with E-state index in [-0.39, 0.29) is 34.2 Å². The van der Waals surface area contributed by atoms with E-state index < -0.39 is 13.9 Å². The largest absolute Gasteiger partial charge is 0.413 e. The molecule has 0 aromatic rings. The van der Waals surface area contributed by atoms with Crippen LogP contribution >= 0.6 is 0 Å². The zero-order valence-corrected chi connectivity index (χ0v) is 27.9. The first-order chi connectivity index (χ1) is 17.9. The molecule has 4 nitrogen and oxygen atoms in total. The van der Waals surface area contributed by atoms with E-state index in [1.807, 2.05) is 13.8 Å². The third kappa shape index (κ3) is 6.05. The Hall–Kier alpha value is -0.463. The first kappa shape index (κ1) is 31.5. The van der Waals surface area contributed by atoms with Gasteiger partial charge >= 0.3 is 0 Å². The number of unbranched alkanes of at least 4 members (excludes halogenated alkanes) is 1. The van der Waals surface area contributed by atoms with Crippen molar-refractivity contribution in [2.75, 3.05) is 6.61 Å². The standard InChI is InChI=1S/C34H60O4Si/c1-23(37-20-12-11-18-32(5,6)36)27-15-16-28-26-14-13-24-21-25(35)22-30(38-39(9,10)31(2,3)4)34(24,8)29(26)17-19-33(27,28)7/h13-14,23,25,27-30,35-36H,11-12,15-22H2,1-10H3/t23-,25+,27+,28-,29-,30-,33+,34-/m0/s1. The number of aliphatic hydroxyl groups is 2. The predicted octanol–water partition coefficient (Wildman–Crippen LogP) is 8.19. The predicted molar refractivity (Wildman–Crippen MR) is 164 cm³/mol. The Morgan fingerprint density at radius 1 is 1.03 bits per heavy atom. The monoisotopic (exact) mass is 560 g/mol. The van der Waals surface area contributed by atoms with Crippen molar-refractivity contribution in [2.45, 2.75) is 155 Å². The smallest absolute Gasteiger partial charge is 0.192 e. The van der Waals surface area contributed by atoms with Crippen LogP contribution in [0.25, 0.3) is 0 Å². The van der Waals surface area contributed by atoms with Crippen molar-refractivity contribution < 1.29 is 19.4 Å². The molecule has 3 saturated carbocycles. The molecule has 0 amide bonds. The van der Waals surface area contributed by atoms with Crippen LogP contribution in [0.5, 0.6) is 0 Å². The van der Waals surface area contributed by atoms with Crippen LogP contribution in [0.3, 0.4) is 0 Å². The lowest BCUT2D eigenvalue weighted by Crippen LogP contribution is -2.57. The minimum atomic E-state index is -1.99. The number of ether oxygens (including phenoxy) is 1. The van der Waals surface area contributed by atoms with Crippen molar-refractivity contribution >= 4 is 8.32 Å². The van der Waals surface area contributed by atoms with Gasteiger partial charge in [0.05, 0.1) is 23.9 Å². The highest BCUT2D eigenvalue weighted by Gasteiger charge is 2.60. The average Bonchev–Trinajstić information content (AvgIpc) is 3.15. The maximum Gasteiger partial charge on any atom is 0.192 e. The normalized spacial score (nSPS) is 37.9. The zero-order valence-electron chi connectivity index (χ0n) is 26.9. The third-order valence-electron chi connectivity index (χ3n) is 12.1. The number of hydrogen-bond acceptors (Lipinski definition) is 4. The van der Waals surface area contributed by atoms with Crippen LogP contribution in [0.4, 0.5) is 0 Å². The van der Waals surface area contributed by atoms with Crippen LogP contribution < -0.4 is 0 Å². The zero-order chi connectivity index (χ0) is 29.0.